The fourth-order valence-electron chi connectivity index (χ4n) is 2.17. The smallest absolute Gasteiger partial charge is 0.160 e. The van der Waals surface area contributed by atoms with Crippen LogP contribution in [0.5, 0.6) is 0 Å². The molecular weight excluding hydrogens is 190 g/mol. The van der Waals surface area contributed by atoms with Crippen molar-refractivity contribution < 1.29 is 4.79 Å². The van der Waals surface area contributed by atoms with Gasteiger partial charge in [-0.3, -0.25) is 4.79 Å². The van der Waals surface area contributed by atoms with Gasteiger partial charge in [-0.05, 0) is 12.8 Å². The van der Waals surface area contributed by atoms with Crippen molar-refractivity contribution in [3.63, 3.8) is 0 Å². The quantitative estimate of drug-likeness (QED) is 0.797. The first kappa shape index (κ1) is 10.4. The summed E-state index contributed by atoms with van der Waals surface area (Å²) in [6.45, 7) is 0. The van der Waals surface area contributed by atoms with Crippen molar-refractivity contribution in [1.29, 1.82) is 0 Å². The van der Waals surface area contributed by atoms with Gasteiger partial charge < -0.3 is 10.3 Å². The number of Topliss-reactive ketones (excluding diaryl/α,β-unsaturated/α-hetero) is 1. The molecule has 1 aromatic heterocycles. The highest BCUT2D eigenvalue weighted by molar-refractivity contribution is 5.89. The number of aryl methyl sites for hydroxylation is 1. The molecule has 0 aromatic carbocycles. The number of hydrogen-bond acceptors (Lipinski definition) is 3. The molecular formula is C11H17N3O. The molecule has 1 saturated carbocycles. The Morgan fingerprint density at radius 2 is 2.27 bits per heavy atom. The topological polar surface area (TPSA) is 60.9 Å². The zero-order valence-corrected chi connectivity index (χ0v) is 9.07. The SMILES string of the molecule is Cn1ccnc1CC(=O)C1(N)CCCC1. The lowest BCUT2D eigenvalue weighted by molar-refractivity contribution is -0.123. The number of aromatic nitrogens is 2. The summed E-state index contributed by atoms with van der Waals surface area (Å²) >= 11 is 0. The van der Waals surface area contributed by atoms with E-state index in [1.54, 1.807) is 6.20 Å². The molecule has 15 heavy (non-hydrogen) atoms. The highest BCUT2D eigenvalue weighted by Gasteiger charge is 2.36. The van der Waals surface area contributed by atoms with Gasteiger partial charge in [0, 0.05) is 19.4 Å². The summed E-state index contributed by atoms with van der Waals surface area (Å²) in [5, 5.41) is 0. The predicted molar refractivity (Wildman–Crippen MR) is 57.3 cm³/mol. The summed E-state index contributed by atoms with van der Waals surface area (Å²) in [7, 11) is 1.90. The van der Waals surface area contributed by atoms with Crippen LogP contribution in [-0.4, -0.2) is 20.9 Å². The summed E-state index contributed by atoms with van der Waals surface area (Å²) in [5.41, 5.74) is 5.51. The Bertz CT molecular complexity index is 364. The summed E-state index contributed by atoms with van der Waals surface area (Å²) in [4.78, 5) is 16.2. The fraction of sp³-hybridized carbons (Fsp3) is 0.636. The molecule has 4 nitrogen and oxygen atoms in total. The highest BCUT2D eigenvalue weighted by atomic mass is 16.1. The van der Waals surface area contributed by atoms with Crippen molar-refractivity contribution in [3.8, 4) is 0 Å². The average Bonchev–Trinajstić information content (AvgIpc) is 2.78. The molecule has 0 atom stereocenters. The van der Waals surface area contributed by atoms with E-state index in [-0.39, 0.29) is 5.78 Å². The summed E-state index contributed by atoms with van der Waals surface area (Å²) < 4.78 is 1.87. The van der Waals surface area contributed by atoms with Crippen LogP contribution in [0.1, 0.15) is 31.5 Å². The van der Waals surface area contributed by atoms with Crippen molar-refractivity contribution in [1.82, 2.24) is 9.55 Å². The Hall–Kier alpha value is -1.16. The number of carbonyl (C=O) groups excluding carboxylic acids is 1. The molecule has 0 unspecified atom stereocenters. The molecule has 0 amide bonds. The van der Waals surface area contributed by atoms with E-state index >= 15 is 0 Å². The maximum Gasteiger partial charge on any atom is 0.160 e. The van der Waals surface area contributed by atoms with Gasteiger partial charge in [0.25, 0.3) is 0 Å². The Balaban J connectivity index is 2.07. The van der Waals surface area contributed by atoms with Gasteiger partial charge >= 0.3 is 0 Å². The van der Waals surface area contributed by atoms with Crippen LogP contribution in [0, 0.1) is 0 Å². The van der Waals surface area contributed by atoms with Gasteiger partial charge in [-0.25, -0.2) is 4.98 Å². The Labute approximate surface area is 89.5 Å². The third-order valence-corrected chi connectivity index (χ3v) is 3.29. The van der Waals surface area contributed by atoms with Gasteiger partial charge in [-0.1, -0.05) is 12.8 Å². The number of hydrogen-bond donors (Lipinski definition) is 1. The number of ketones is 1. The Morgan fingerprint density at radius 3 is 2.80 bits per heavy atom. The van der Waals surface area contributed by atoms with Crippen LogP contribution >= 0.6 is 0 Å². The molecule has 0 saturated heterocycles. The van der Waals surface area contributed by atoms with E-state index in [2.05, 4.69) is 4.98 Å². The third kappa shape index (κ3) is 1.95. The molecule has 4 heteroatoms. The highest BCUT2D eigenvalue weighted by Crippen LogP contribution is 2.28. The van der Waals surface area contributed by atoms with Gasteiger partial charge in [0.05, 0.1) is 12.0 Å². The first-order chi connectivity index (χ1) is 7.12. The fourth-order valence-corrected chi connectivity index (χ4v) is 2.17. The van der Waals surface area contributed by atoms with Crippen molar-refractivity contribution in [2.24, 2.45) is 12.8 Å². The van der Waals surface area contributed by atoms with Crippen LogP contribution in [0.2, 0.25) is 0 Å². The van der Waals surface area contributed by atoms with E-state index in [0.717, 1.165) is 31.5 Å². The molecule has 2 N–H and O–H groups in total. The third-order valence-electron chi connectivity index (χ3n) is 3.29. The number of carbonyl (C=O) groups is 1. The number of nitrogens with two attached hydrogens (primary N) is 1. The van der Waals surface area contributed by atoms with Crippen LogP contribution in [0.4, 0.5) is 0 Å². The van der Waals surface area contributed by atoms with Crippen LogP contribution in [0.25, 0.3) is 0 Å². The van der Waals surface area contributed by atoms with Crippen LogP contribution in [0.3, 0.4) is 0 Å². The lowest BCUT2D eigenvalue weighted by Gasteiger charge is -2.21. The molecule has 2 rings (SSSR count). The average molecular weight is 207 g/mol. The van der Waals surface area contributed by atoms with Crippen molar-refractivity contribution >= 4 is 5.78 Å². The molecule has 82 valence electrons. The number of rotatable bonds is 3. The summed E-state index contributed by atoms with van der Waals surface area (Å²) in [6, 6.07) is 0. The molecule has 1 fully saturated rings. The van der Waals surface area contributed by atoms with Crippen molar-refractivity contribution in [2.45, 2.75) is 37.6 Å². The van der Waals surface area contributed by atoms with Gasteiger partial charge in [0.15, 0.2) is 5.78 Å². The molecule has 0 aliphatic heterocycles. The minimum absolute atomic E-state index is 0.134. The molecule has 1 aromatic rings. The predicted octanol–water partition coefficient (Wildman–Crippen LogP) is 0.803. The zero-order valence-electron chi connectivity index (χ0n) is 9.07. The maximum absolute atomic E-state index is 12.0. The molecule has 0 spiro atoms. The van der Waals surface area contributed by atoms with Gasteiger partial charge in [-0.15, -0.1) is 0 Å². The minimum atomic E-state index is -0.577. The summed E-state index contributed by atoms with van der Waals surface area (Å²) in [5.74, 6) is 0.936. The minimum Gasteiger partial charge on any atom is -0.338 e. The van der Waals surface area contributed by atoms with Crippen molar-refractivity contribution in [2.75, 3.05) is 0 Å². The van der Waals surface area contributed by atoms with Crippen LogP contribution in [0.15, 0.2) is 12.4 Å². The first-order valence-corrected chi connectivity index (χ1v) is 5.40. The largest absolute Gasteiger partial charge is 0.338 e. The van der Waals surface area contributed by atoms with E-state index in [1.165, 1.54) is 0 Å². The van der Waals surface area contributed by atoms with E-state index in [1.807, 2.05) is 17.8 Å². The monoisotopic (exact) mass is 207 g/mol. The summed E-state index contributed by atoms with van der Waals surface area (Å²) in [6.07, 6.45) is 7.72. The van der Waals surface area contributed by atoms with E-state index < -0.39 is 5.54 Å². The molecule has 0 radical (unpaired) electrons. The molecule has 0 bridgehead atoms. The second-order valence-electron chi connectivity index (χ2n) is 4.42. The second kappa shape index (κ2) is 3.77. The van der Waals surface area contributed by atoms with E-state index in [4.69, 9.17) is 5.73 Å². The molecule has 1 aliphatic carbocycles. The standard InChI is InChI=1S/C11H17N3O/c1-14-7-6-13-10(14)8-9(15)11(12)4-2-3-5-11/h6-7H,2-5,8,12H2,1H3. The van der Waals surface area contributed by atoms with E-state index in [9.17, 15) is 4.79 Å². The number of nitrogens with zero attached hydrogens (tertiary/aromatic N) is 2. The zero-order chi connectivity index (χ0) is 10.9. The normalized spacial score (nSPS) is 19.3. The second-order valence-corrected chi connectivity index (χ2v) is 4.42. The first-order valence-electron chi connectivity index (χ1n) is 5.40. The van der Waals surface area contributed by atoms with Gasteiger partial charge in [0.2, 0.25) is 0 Å². The maximum atomic E-state index is 12.0. The molecule has 1 aliphatic rings. The lowest BCUT2D eigenvalue weighted by Crippen LogP contribution is -2.46. The lowest BCUT2D eigenvalue weighted by atomic mass is 9.91. The van der Waals surface area contributed by atoms with Crippen LogP contribution < -0.4 is 5.73 Å². The molecule has 1 heterocycles. The Morgan fingerprint density at radius 1 is 1.60 bits per heavy atom. The van der Waals surface area contributed by atoms with E-state index in [0.29, 0.717) is 6.42 Å². The Kier molecular flexibility index (Phi) is 2.61. The van der Waals surface area contributed by atoms with Crippen LogP contribution in [-0.2, 0) is 18.3 Å². The van der Waals surface area contributed by atoms with Crippen molar-refractivity contribution in [3.05, 3.63) is 18.2 Å². The number of imidazole rings is 1. The van der Waals surface area contributed by atoms with Gasteiger partial charge in [-0.2, -0.15) is 0 Å². The van der Waals surface area contributed by atoms with Gasteiger partial charge in [0.1, 0.15) is 5.82 Å².